The van der Waals surface area contributed by atoms with Crippen LogP contribution < -0.4 is 5.73 Å². The third-order valence-corrected chi connectivity index (χ3v) is 3.75. The predicted octanol–water partition coefficient (Wildman–Crippen LogP) is 4.40. The molecule has 2 aromatic rings. The first-order chi connectivity index (χ1) is 10.2. The number of aryl methyl sites for hydroxylation is 1. The van der Waals surface area contributed by atoms with Crippen LogP contribution in [0.4, 0.5) is 5.69 Å². The Labute approximate surface area is 127 Å². The van der Waals surface area contributed by atoms with Gasteiger partial charge in [0, 0.05) is 16.8 Å². The van der Waals surface area contributed by atoms with Gasteiger partial charge in [-0.1, -0.05) is 63.1 Å². The normalized spacial score (nSPS) is 10.6. The van der Waals surface area contributed by atoms with Gasteiger partial charge in [-0.25, -0.2) is 0 Å². The Bertz CT molecular complexity index is 617. The van der Waals surface area contributed by atoms with E-state index < -0.39 is 0 Å². The van der Waals surface area contributed by atoms with Crippen molar-refractivity contribution < 1.29 is 4.79 Å². The number of ketones is 1. The first kappa shape index (κ1) is 15.3. The van der Waals surface area contributed by atoms with Crippen LogP contribution in [0, 0.1) is 0 Å². The smallest absolute Gasteiger partial charge is 0.195 e. The van der Waals surface area contributed by atoms with Crippen molar-refractivity contribution >= 4 is 11.5 Å². The van der Waals surface area contributed by atoms with Crippen molar-refractivity contribution in [1.82, 2.24) is 0 Å². The van der Waals surface area contributed by atoms with Crippen LogP contribution in [0.1, 0.15) is 53.7 Å². The Morgan fingerprint density at radius 3 is 2.24 bits per heavy atom. The largest absolute Gasteiger partial charge is 0.398 e. The van der Waals surface area contributed by atoms with E-state index in [1.165, 1.54) is 5.56 Å². The highest BCUT2D eigenvalue weighted by atomic mass is 16.1. The Hall–Kier alpha value is -2.09. The number of nitrogen functional groups attached to an aromatic ring is 1. The van der Waals surface area contributed by atoms with E-state index in [2.05, 4.69) is 19.9 Å². The molecular formula is C19H23NO. The second-order valence-electron chi connectivity index (χ2n) is 5.36. The van der Waals surface area contributed by atoms with Crippen molar-refractivity contribution in [3.05, 3.63) is 64.7 Å². The topological polar surface area (TPSA) is 43.1 Å². The molecule has 2 nitrogen and oxygen atoms in total. The van der Waals surface area contributed by atoms with E-state index in [1.54, 1.807) is 0 Å². The molecule has 0 bridgehead atoms. The van der Waals surface area contributed by atoms with Gasteiger partial charge in [0.2, 0.25) is 0 Å². The van der Waals surface area contributed by atoms with Gasteiger partial charge in [-0.15, -0.1) is 0 Å². The molecule has 2 aromatic carbocycles. The van der Waals surface area contributed by atoms with E-state index in [9.17, 15) is 4.79 Å². The molecule has 0 radical (unpaired) electrons. The molecule has 0 aliphatic rings. The summed E-state index contributed by atoms with van der Waals surface area (Å²) in [6, 6.07) is 13.3. The quantitative estimate of drug-likeness (QED) is 0.629. The Morgan fingerprint density at radius 2 is 1.62 bits per heavy atom. The number of hydrogen-bond acceptors (Lipinski definition) is 2. The lowest BCUT2D eigenvalue weighted by molar-refractivity contribution is 0.103. The standard InChI is InChI=1S/C19H23NO/c1-3-8-14-12-13-17(18(20)16(14)9-4-2)19(21)15-10-6-5-7-11-15/h5-7,10-13H,3-4,8-9,20H2,1-2H3. The van der Waals surface area contributed by atoms with E-state index in [0.29, 0.717) is 16.8 Å². The lowest BCUT2D eigenvalue weighted by atomic mass is 9.92. The van der Waals surface area contributed by atoms with Gasteiger partial charge < -0.3 is 5.73 Å². The van der Waals surface area contributed by atoms with Gasteiger partial charge in [-0.3, -0.25) is 4.79 Å². The van der Waals surface area contributed by atoms with E-state index in [1.807, 2.05) is 36.4 Å². The molecule has 0 heterocycles. The maximum atomic E-state index is 12.6. The number of hydrogen-bond donors (Lipinski definition) is 1. The van der Waals surface area contributed by atoms with Crippen molar-refractivity contribution in [2.45, 2.75) is 39.5 Å². The first-order valence-corrected chi connectivity index (χ1v) is 7.69. The van der Waals surface area contributed by atoms with E-state index in [0.717, 1.165) is 31.2 Å². The second-order valence-corrected chi connectivity index (χ2v) is 5.36. The summed E-state index contributed by atoms with van der Waals surface area (Å²) in [6.07, 6.45) is 4.06. The van der Waals surface area contributed by atoms with Crippen LogP contribution in [0.15, 0.2) is 42.5 Å². The molecular weight excluding hydrogens is 258 g/mol. The van der Waals surface area contributed by atoms with E-state index in [-0.39, 0.29) is 5.78 Å². The fraction of sp³-hybridized carbons (Fsp3) is 0.316. The van der Waals surface area contributed by atoms with E-state index in [4.69, 9.17) is 5.73 Å². The molecule has 0 aromatic heterocycles. The van der Waals surface area contributed by atoms with E-state index >= 15 is 0 Å². The summed E-state index contributed by atoms with van der Waals surface area (Å²) in [5.74, 6) is 0.00787. The third kappa shape index (κ3) is 3.33. The molecule has 2 heteroatoms. The molecule has 110 valence electrons. The molecule has 0 unspecified atom stereocenters. The molecule has 0 saturated heterocycles. The molecule has 0 amide bonds. The van der Waals surface area contributed by atoms with Crippen molar-refractivity contribution in [1.29, 1.82) is 0 Å². The Balaban J connectivity index is 2.45. The minimum Gasteiger partial charge on any atom is -0.398 e. The van der Waals surface area contributed by atoms with Crippen LogP contribution in [0.25, 0.3) is 0 Å². The molecule has 0 aliphatic heterocycles. The fourth-order valence-corrected chi connectivity index (χ4v) is 2.70. The SMILES string of the molecule is CCCc1ccc(C(=O)c2ccccc2)c(N)c1CCC. The molecule has 0 aliphatic carbocycles. The predicted molar refractivity (Wildman–Crippen MR) is 88.7 cm³/mol. The van der Waals surface area contributed by atoms with Crippen LogP contribution in [-0.2, 0) is 12.8 Å². The summed E-state index contributed by atoms with van der Waals surface area (Å²) in [7, 11) is 0. The number of carbonyl (C=O) groups excluding carboxylic acids is 1. The fourth-order valence-electron chi connectivity index (χ4n) is 2.70. The number of anilines is 1. The summed E-state index contributed by atoms with van der Waals surface area (Å²) >= 11 is 0. The van der Waals surface area contributed by atoms with Crippen LogP contribution >= 0.6 is 0 Å². The Morgan fingerprint density at radius 1 is 0.952 bits per heavy atom. The maximum Gasteiger partial charge on any atom is 0.195 e. The number of benzene rings is 2. The highest BCUT2D eigenvalue weighted by molar-refractivity contribution is 6.12. The van der Waals surface area contributed by atoms with Gasteiger partial charge in [-0.05, 0) is 30.0 Å². The lowest BCUT2D eigenvalue weighted by Crippen LogP contribution is -2.10. The highest BCUT2D eigenvalue weighted by Crippen LogP contribution is 2.26. The summed E-state index contributed by atoms with van der Waals surface area (Å²) in [5, 5.41) is 0. The minimum absolute atomic E-state index is 0.00787. The Kier molecular flexibility index (Phi) is 5.15. The average Bonchev–Trinajstić information content (AvgIpc) is 2.51. The number of rotatable bonds is 6. The molecule has 2 N–H and O–H groups in total. The second kappa shape index (κ2) is 7.07. The van der Waals surface area contributed by atoms with Crippen LogP contribution in [0.2, 0.25) is 0 Å². The zero-order valence-corrected chi connectivity index (χ0v) is 12.9. The summed E-state index contributed by atoms with van der Waals surface area (Å²) < 4.78 is 0. The van der Waals surface area contributed by atoms with Crippen molar-refractivity contribution in [2.75, 3.05) is 5.73 Å². The lowest BCUT2D eigenvalue weighted by Gasteiger charge is -2.15. The molecule has 21 heavy (non-hydrogen) atoms. The summed E-state index contributed by atoms with van der Waals surface area (Å²) in [4.78, 5) is 12.6. The number of nitrogens with two attached hydrogens (primary N) is 1. The third-order valence-electron chi connectivity index (χ3n) is 3.75. The van der Waals surface area contributed by atoms with Crippen molar-refractivity contribution in [2.24, 2.45) is 0 Å². The first-order valence-electron chi connectivity index (χ1n) is 7.69. The van der Waals surface area contributed by atoms with Gasteiger partial charge in [0.25, 0.3) is 0 Å². The molecule has 2 rings (SSSR count). The zero-order chi connectivity index (χ0) is 15.2. The van der Waals surface area contributed by atoms with Crippen molar-refractivity contribution in [3.8, 4) is 0 Å². The van der Waals surface area contributed by atoms with Gasteiger partial charge in [-0.2, -0.15) is 0 Å². The summed E-state index contributed by atoms with van der Waals surface area (Å²) in [5.41, 5.74) is 10.7. The zero-order valence-electron chi connectivity index (χ0n) is 12.9. The van der Waals surface area contributed by atoms with Crippen LogP contribution in [-0.4, -0.2) is 5.78 Å². The van der Waals surface area contributed by atoms with Crippen LogP contribution in [0.3, 0.4) is 0 Å². The van der Waals surface area contributed by atoms with Gasteiger partial charge >= 0.3 is 0 Å². The molecule has 0 spiro atoms. The maximum absolute atomic E-state index is 12.6. The van der Waals surface area contributed by atoms with Crippen LogP contribution in [0.5, 0.6) is 0 Å². The molecule has 0 saturated carbocycles. The average molecular weight is 281 g/mol. The number of carbonyl (C=O) groups is 1. The summed E-state index contributed by atoms with van der Waals surface area (Å²) in [6.45, 7) is 4.30. The highest BCUT2D eigenvalue weighted by Gasteiger charge is 2.16. The van der Waals surface area contributed by atoms with Gasteiger partial charge in [0.1, 0.15) is 0 Å². The van der Waals surface area contributed by atoms with Gasteiger partial charge in [0.15, 0.2) is 5.78 Å². The van der Waals surface area contributed by atoms with Gasteiger partial charge in [0.05, 0.1) is 0 Å². The molecule has 0 atom stereocenters. The van der Waals surface area contributed by atoms with Crippen molar-refractivity contribution in [3.63, 3.8) is 0 Å². The monoisotopic (exact) mass is 281 g/mol. The molecule has 0 fully saturated rings. The minimum atomic E-state index is 0.00787.